The predicted octanol–water partition coefficient (Wildman–Crippen LogP) is 12.2. The number of nitrogens with zero attached hydrogens (tertiary/aromatic N) is 1. The Morgan fingerprint density at radius 3 is 1.70 bits per heavy atom. The summed E-state index contributed by atoms with van der Waals surface area (Å²) < 4.78 is 6.32. The van der Waals surface area contributed by atoms with Crippen LogP contribution in [0.3, 0.4) is 0 Å². The Morgan fingerprint density at radius 2 is 1.06 bits per heavy atom. The number of benzene rings is 7. The second kappa shape index (κ2) is 12.9. The highest BCUT2D eigenvalue weighted by Crippen LogP contribution is 2.64. The highest BCUT2D eigenvalue weighted by molar-refractivity contribution is 6.08. The number of methoxy groups -OCH3 is 1. The van der Waals surface area contributed by atoms with Crippen LogP contribution in [0.15, 0.2) is 193 Å². The molecule has 2 aliphatic carbocycles. The molecule has 0 aliphatic heterocycles. The second-order valence-corrected chi connectivity index (χ2v) is 14.1. The second-order valence-electron chi connectivity index (χ2n) is 14.1. The molecule has 0 saturated carbocycles. The van der Waals surface area contributed by atoms with Crippen LogP contribution in [0.4, 0.5) is 0 Å². The summed E-state index contributed by atoms with van der Waals surface area (Å²) in [6.07, 6.45) is 2.29. The Labute approximate surface area is 312 Å². The molecule has 2 aliphatic rings. The van der Waals surface area contributed by atoms with Gasteiger partial charge in [-0.15, -0.1) is 0 Å². The van der Waals surface area contributed by atoms with E-state index < -0.39 is 10.8 Å². The molecule has 0 fully saturated rings. The van der Waals surface area contributed by atoms with Gasteiger partial charge in [0.2, 0.25) is 0 Å². The summed E-state index contributed by atoms with van der Waals surface area (Å²) in [6.45, 7) is 6.41. The van der Waals surface area contributed by atoms with E-state index in [1.807, 2.05) is 0 Å². The molecule has 2 atom stereocenters. The summed E-state index contributed by atoms with van der Waals surface area (Å²) in [4.78, 5) is 4.74. The van der Waals surface area contributed by atoms with Gasteiger partial charge in [0.25, 0.3) is 0 Å². The van der Waals surface area contributed by atoms with Gasteiger partial charge in [0.1, 0.15) is 5.76 Å². The first-order chi connectivity index (χ1) is 26.1. The van der Waals surface area contributed by atoms with Gasteiger partial charge >= 0.3 is 0 Å². The van der Waals surface area contributed by atoms with Crippen molar-refractivity contribution >= 4 is 23.7 Å². The fourth-order valence-corrected chi connectivity index (χ4v) is 8.87. The zero-order chi connectivity index (χ0) is 36.0. The fourth-order valence-electron chi connectivity index (χ4n) is 8.87. The van der Waals surface area contributed by atoms with Crippen molar-refractivity contribution in [3.63, 3.8) is 0 Å². The lowest BCUT2D eigenvalue weighted by atomic mass is 9.68. The lowest BCUT2D eigenvalue weighted by molar-refractivity contribution is 0.372. The third-order valence-electron chi connectivity index (χ3n) is 11.3. The van der Waals surface area contributed by atoms with Gasteiger partial charge in [-0.1, -0.05) is 176 Å². The van der Waals surface area contributed by atoms with Crippen LogP contribution >= 0.6 is 0 Å². The lowest BCUT2D eigenvalue weighted by Crippen LogP contribution is -2.26. The van der Waals surface area contributed by atoms with Gasteiger partial charge in [-0.05, 0) is 81.4 Å². The van der Waals surface area contributed by atoms with Gasteiger partial charge in [0, 0.05) is 22.1 Å². The van der Waals surface area contributed by atoms with Crippen molar-refractivity contribution < 1.29 is 4.74 Å². The molecule has 0 N–H and O–H groups in total. The Bertz CT molecular complexity index is 2550. The molecule has 254 valence electrons. The molecular weight excluding hydrogens is 643 g/mol. The minimum absolute atomic E-state index is 0.480. The number of hydrogen-bond donors (Lipinski definition) is 0. The molecule has 2 nitrogen and oxygen atoms in total. The van der Waals surface area contributed by atoms with Crippen LogP contribution in [0.5, 0.6) is 0 Å². The molecule has 0 aromatic heterocycles. The Hall–Kier alpha value is -6.51. The summed E-state index contributed by atoms with van der Waals surface area (Å²) in [5.41, 5.74) is 15.2. The van der Waals surface area contributed by atoms with E-state index in [-0.39, 0.29) is 0 Å². The molecule has 0 radical (unpaired) electrons. The Kier molecular flexibility index (Phi) is 7.90. The van der Waals surface area contributed by atoms with E-state index in [1.54, 1.807) is 7.11 Å². The molecule has 0 bridgehead atoms. The van der Waals surface area contributed by atoms with E-state index in [0.29, 0.717) is 0 Å². The van der Waals surface area contributed by atoms with Crippen molar-refractivity contribution in [3.8, 4) is 22.3 Å². The average Bonchev–Trinajstić information content (AvgIpc) is 3.70. The van der Waals surface area contributed by atoms with Crippen molar-refractivity contribution in [2.24, 2.45) is 4.99 Å². The van der Waals surface area contributed by atoms with E-state index in [2.05, 4.69) is 202 Å². The zero-order valence-electron chi connectivity index (χ0n) is 30.0. The van der Waals surface area contributed by atoms with E-state index in [4.69, 9.17) is 9.73 Å². The minimum Gasteiger partial charge on any atom is -0.496 e. The van der Waals surface area contributed by atoms with Gasteiger partial charge in [0.05, 0.1) is 18.2 Å². The average molecular weight is 682 g/mol. The van der Waals surface area contributed by atoms with Crippen LogP contribution in [0, 0.1) is 0 Å². The summed E-state index contributed by atoms with van der Waals surface area (Å²) in [5.74, 6) is 0.920. The first-order valence-corrected chi connectivity index (χ1v) is 18.2. The smallest absolute Gasteiger partial charge is 0.131 e. The number of rotatable bonds is 8. The molecule has 1 spiro atoms. The summed E-state index contributed by atoms with van der Waals surface area (Å²) in [6, 6.07) is 65.3. The normalized spacial score (nSPS) is 16.8. The minimum atomic E-state index is -0.543. The number of aliphatic imine (C=N–C) groups is 1. The van der Waals surface area contributed by atoms with E-state index >= 15 is 0 Å². The highest BCUT2D eigenvalue weighted by atomic mass is 16.5. The lowest BCUT2D eigenvalue weighted by Gasteiger charge is -2.32. The van der Waals surface area contributed by atoms with E-state index in [1.165, 1.54) is 55.6 Å². The molecule has 2 unspecified atom stereocenters. The molecule has 0 heterocycles. The molecule has 7 aromatic carbocycles. The zero-order valence-corrected chi connectivity index (χ0v) is 30.0. The maximum absolute atomic E-state index is 6.32. The summed E-state index contributed by atoms with van der Waals surface area (Å²) in [7, 11) is 1.80. The monoisotopic (exact) mass is 681 g/mol. The van der Waals surface area contributed by atoms with Crippen molar-refractivity contribution in [1.29, 1.82) is 0 Å². The van der Waals surface area contributed by atoms with Crippen LogP contribution in [-0.4, -0.2) is 13.8 Å². The largest absolute Gasteiger partial charge is 0.496 e. The molecule has 0 amide bonds. The molecule has 2 heteroatoms. The highest BCUT2D eigenvalue weighted by Gasteiger charge is 2.54. The van der Waals surface area contributed by atoms with Gasteiger partial charge in [-0.3, -0.25) is 4.99 Å². The van der Waals surface area contributed by atoms with Gasteiger partial charge in [-0.25, -0.2) is 0 Å². The van der Waals surface area contributed by atoms with Gasteiger partial charge in [0.15, 0.2) is 0 Å². The van der Waals surface area contributed by atoms with E-state index in [9.17, 15) is 0 Å². The van der Waals surface area contributed by atoms with Crippen LogP contribution in [0.2, 0.25) is 0 Å². The van der Waals surface area contributed by atoms with Gasteiger partial charge in [-0.2, -0.15) is 0 Å². The predicted molar refractivity (Wildman–Crippen MR) is 221 cm³/mol. The van der Waals surface area contributed by atoms with E-state index in [0.717, 1.165) is 28.1 Å². The van der Waals surface area contributed by atoms with Crippen molar-refractivity contribution in [2.75, 3.05) is 7.11 Å². The topological polar surface area (TPSA) is 21.6 Å². The number of hydrogen-bond acceptors (Lipinski definition) is 2. The van der Waals surface area contributed by atoms with Crippen molar-refractivity contribution in [2.45, 2.75) is 17.8 Å². The number of fused-ring (bicyclic) bond motifs is 7. The van der Waals surface area contributed by atoms with Crippen LogP contribution < -0.4 is 0 Å². The Morgan fingerprint density at radius 1 is 0.547 bits per heavy atom. The van der Waals surface area contributed by atoms with Crippen molar-refractivity contribution in [3.05, 3.63) is 233 Å². The third kappa shape index (κ3) is 4.98. The van der Waals surface area contributed by atoms with Crippen molar-refractivity contribution in [1.82, 2.24) is 0 Å². The van der Waals surface area contributed by atoms with Crippen LogP contribution in [-0.2, 0) is 15.6 Å². The fraction of sp³-hybridized carbons (Fsp3) is 0.0784. The SMILES string of the molecule is C=N/C(=C\C(C)(c1ccccc1)c1ccc(-c2ccccc2)cc1)c1ccc2c(c1)-c1ccccc1C21C(c2ccccc2)=C(OC)c2ccccc21. The summed E-state index contributed by atoms with van der Waals surface area (Å²) in [5, 5.41) is 0. The maximum atomic E-state index is 6.32. The maximum Gasteiger partial charge on any atom is 0.131 e. The third-order valence-corrected chi connectivity index (χ3v) is 11.3. The van der Waals surface area contributed by atoms with Crippen LogP contribution in [0.1, 0.15) is 51.4 Å². The number of ether oxygens (including phenoxy) is 1. The van der Waals surface area contributed by atoms with Gasteiger partial charge < -0.3 is 4.74 Å². The number of allylic oxidation sites excluding steroid dienone is 2. The van der Waals surface area contributed by atoms with Crippen LogP contribution in [0.25, 0.3) is 39.3 Å². The quantitative estimate of drug-likeness (QED) is 0.146. The summed E-state index contributed by atoms with van der Waals surface area (Å²) >= 11 is 0. The molecular formula is C51H39NO. The first-order valence-electron chi connectivity index (χ1n) is 18.2. The Balaban J connectivity index is 1.23. The molecule has 9 rings (SSSR count). The molecule has 7 aromatic rings. The molecule has 0 saturated heterocycles. The standard InChI is InChI=1S/C51H39NO/c1-50(39-21-11-6-12-22-39,40-30-27-36(28-31-40)35-17-7-4-8-18-35)34-47(52-2)38-29-32-46-43(33-38)41-23-13-15-25-44(41)51(46)45-26-16-14-24-42(45)49(53-3)48(51)37-19-9-5-10-20-37/h4-34H,2H2,1,3H3/b47-34-. The first kappa shape index (κ1) is 32.4. The molecule has 53 heavy (non-hydrogen) atoms.